The minimum absolute atomic E-state index is 0.162. The van der Waals surface area contributed by atoms with Gasteiger partial charge in [-0.1, -0.05) is 28.1 Å². The van der Waals surface area contributed by atoms with Crippen LogP contribution in [-0.4, -0.2) is 25.3 Å². The van der Waals surface area contributed by atoms with E-state index in [4.69, 9.17) is 4.42 Å². The topological polar surface area (TPSA) is 75.4 Å². The average molecular weight is 464 g/mol. The molecule has 0 spiro atoms. The molecule has 0 saturated carbocycles. The molecule has 1 aromatic carbocycles. The van der Waals surface area contributed by atoms with Crippen LogP contribution < -0.4 is 5.32 Å². The Bertz CT molecular complexity index is 943. The predicted octanol–water partition coefficient (Wildman–Crippen LogP) is 4.02. The first kappa shape index (κ1) is 16.5. The summed E-state index contributed by atoms with van der Waals surface area (Å²) in [5, 5.41) is 13.0. The number of amides is 1. The van der Waals surface area contributed by atoms with Crippen LogP contribution >= 0.6 is 31.9 Å². The van der Waals surface area contributed by atoms with E-state index in [1.54, 1.807) is 24.4 Å². The molecule has 5 nitrogen and oxygen atoms in total. The summed E-state index contributed by atoms with van der Waals surface area (Å²) in [6.07, 6.45) is 10.1. The Morgan fingerprint density at radius 3 is 2.96 bits per heavy atom. The van der Waals surface area contributed by atoms with Crippen LogP contribution in [0, 0.1) is 0 Å². The monoisotopic (exact) mass is 462 g/mol. The summed E-state index contributed by atoms with van der Waals surface area (Å²) in [5.74, 6) is 0.480. The number of hydrogen-bond donors (Lipinski definition) is 2. The zero-order valence-corrected chi connectivity index (χ0v) is 15.9. The molecule has 0 fully saturated rings. The van der Waals surface area contributed by atoms with Crippen molar-refractivity contribution in [2.45, 2.75) is 9.34 Å². The van der Waals surface area contributed by atoms with Crippen molar-refractivity contribution in [3.63, 3.8) is 0 Å². The number of nitrogens with one attached hydrogen (secondary N) is 1. The number of carbonyl (C=O) groups is 1. The van der Waals surface area contributed by atoms with Crippen molar-refractivity contribution in [1.29, 1.82) is 0 Å². The number of aliphatic hydroxyl groups is 1. The molecule has 2 N–H and O–H groups in total. The number of alkyl halides is 2. The van der Waals surface area contributed by atoms with Gasteiger partial charge in [0.15, 0.2) is 16.7 Å². The summed E-state index contributed by atoms with van der Waals surface area (Å²) in [7, 11) is 0. The van der Waals surface area contributed by atoms with Gasteiger partial charge in [0.25, 0.3) is 5.91 Å². The van der Waals surface area contributed by atoms with Gasteiger partial charge >= 0.3 is 0 Å². The quantitative estimate of drug-likeness (QED) is 0.521. The van der Waals surface area contributed by atoms with E-state index in [-0.39, 0.29) is 10.7 Å². The largest absolute Gasteiger partial charge is 0.444 e. The Morgan fingerprint density at radius 2 is 2.24 bits per heavy atom. The molecule has 1 aromatic heterocycles. The van der Waals surface area contributed by atoms with Crippen molar-refractivity contribution in [3.8, 4) is 11.3 Å². The number of hydrogen-bond acceptors (Lipinski definition) is 4. The van der Waals surface area contributed by atoms with Crippen LogP contribution in [0.4, 0.5) is 5.69 Å². The fourth-order valence-electron chi connectivity index (χ4n) is 2.75. The third-order valence-electron chi connectivity index (χ3n) is 4.07. The fourth-order valence-corrected chi connectivity index (χ4v) is 3.47. The van der Waals surface area contributed by atoms with Gasteiger partial charge in [-0.25, -0.2) is 4.98 Å². The molecule has 2 aromatic rings. The van der Waals surface area contributed by atoms with Gasteiger partial charge in [0, 0.05) is 22.4 Å². The molecule has 0 radical (unpaired) electrons. The first-order chi connectivity index (χ1) is 11.9. The second kappa shape index (κ2) is 6.09. The lowest BCUT2D eigenvalue weighted by molar-refractivity contribution is -0.110. The number of benzene rings is 1. The van der Waals surface area contributed by atoms with Crippen molar-refractivity contribution < 1.29 is 14.3 Å². The molecular formula is C18H12Br2N2O3. The van der Waals surface area contributed by atoms with Crippen molar-refractivity contribution in [2.75, 3.05) is 5.32 Å². The van der Waals surface area contributed by atoms with E-state index in [0.717, 1.165) is 22.4 Å². The maximum Gasteiger partial charge on any atom is 0.256 e. The van der Waals surface area contributed by atoms with Crippen LogP contribution in [-0.2, 0) is 4.79 Å². The van der Waals surface area contributed by atoms with Crippen LogP contribution in [0.3, 0.4) is 0 Å². The first-order valence-corrected chi connectivity index (χ1v) is 9.18. The highest BCUT2D eigenvalue weighted by Crippen LogP contribution is 2.38. The van der Waals surface area contributed by atoms with Gasteiger partial charge in [-0.3, -0.25) is 4.79 Å². The second-order valence-electron chi connectivity index (χ2n) is 5.77. The lowest BCUT2D eigenvalue weighted by Gasteiger charge is -2.24. The van der Waals surface area contributed by atoms with Gasteiger partial charge in [-0.2, -0.15) is 0 Å². The molecule has 126 valence electrons. The van der Waals surface area contributed by atoms with E-state index in [2.05, 4.69) is 42.2 Å². The van der Waals surface area contributed by atoms with E-state index in [1.165, 1.54) is 6.39 Å². The summed E-state index contributed by atoms with van der Waals surface area (Å²) in [4.78, 5) is 16.0. The number of anilines is 1. The predicted molar refractivity (Wildman–Crippen MR) is 102 cm³/mol. The molecule has 2 unspecified atom stereocenters. The summed E-state index contributed by atoms with van der Waals surface area (Å²) in [6, 6.07) is 5.63. The minimum Gasteiger partial charge on any atom is -0.444 e. The van der Waals surface area contributed by atoms with Crippen LogP contribution in [0.5, 0.6) is 0 Å². The Morgan fingerprint density at radius 1 is 1.40 bits per heavy atom. The highest BCUT2D eigenvalue weighted by Gasteiger charge is 2.31. The molecule has 25 heavy (non-hydrogen) atoms. The number of carbonyl (C=O) groups excluding carboxylic acids is 1. The van der Waals surface area contributed by atoms with Crippen LogP contribution in [0.1, 0.15) is 5.56 Å². The standard InChI is InChI=1S/C18H12Br2N2O3/c19-16-6-10(3-4-18(16,20)24)5-13-12-7-11(15-8-21-9-25-15)1-2-14(12)22-17(13)23/h1-9,16,24H,(H,22,23). The summed E-state index contributed by atoms with van der Waals surface area (Å²) < 4.78 is 4.20. The lowest BCUT2D eigenvalue weighted by Crippen LogP contribution is -2.29. The number of rotatable bonds is 2. The van der Waals surface area contributed by atoms with Crippen molar-refractivity contribution >= 4 is 49.0 Å². The van der Waals surface area contributed by atoms with Crippen LogP contribution in [0.15, 0.2) is 65.1 Å². The van der Waals surface area contributed by atoms with Crippen LogP contribution in [0.2, 0.25) is 0 Å². The smallest absolute Gasteiger partial charge is 0.256 e. The SMILES string of the molecule is O=C1Nc2ccc(-c3cnco3)cc2C1=CC1=CC(Br)C(O)(Br)C=C1. The van der Waals surface area contributed by atoms with Gasteiger partial charge in [-0.05, 0) is 51.9 Å². The number of aromatic nitrogens is 1. The van der Waals surface area contributed by atoms with E-state index < -0.39 is 4.51 Å². The molecule has 2 atom stereocenters. The highest BCUT2D eigenvalue weighted by molar-refractivity contribution is 9.12. The van der Waals surface area contributed by atoms with E-state index >= 15 is 0 Å². The summed E-state index contributed by atoms with van der Waals surface area (Å²) in [5.41, 5.74) is 3.80. The summed E-state index contributed by atoms with van der Waals surface area (Å²) in [6.45, 7) is 0. The summed E-state index contributed by atoms with van der Waals surface area (Å²) >= 11 is 6.64. The van der Waals surface area contributed by atoms with Crippen molar-refractivity contribution in [1.82, 2.24) is 4.98 Å². The average Bonchev–Trinajstić information content (AvgIpc) is 3.20. The Labute approximate surface area is 160 Å². The van der Waals surface area contributed by atoms with Crippen LogP contribution in [0.25, 0.3) is 16.9 Å². The molecule has 1 aliphatic heterocycles. The third kappa shape index (κ3) is 3.03. The third-order valence-corrected chi connectivity index (χ3v) is 6.40. The van der Waals surface area contributed by atoms with Crippen molar-refractivity contribution in [3.05, 3.63) is 66.2 Å². The first-order valence-electron chi connectivity index (χ1n) is 7.47. The number of oxazole rings is 1. The molecule has 1 amide bonds. The van der Waals surface area contributed by atoms with E-state index in [1.807, 2.05) is 24.3 Å². The maximum absolute atomic E-state index is 12.4. The second-order valence-corrected chi connectivity index (χ2v) is 8.02. The van der Waals surface area contributed by atoms with Gasteiger partial charge in [0.05, 0.1) is 11.0 Å². The zero-order chi connectivity index (χ0) is 17.6. The number of allylic oxidation sites excluding steroid dienone is 3. The fraction of sp³-hybridized carbons (Fsp3) is 0.111. The molecule has 1 aliphatic carbocycles. The molecule has 0 saturated heterocycles. The molecule has 0 bridgehead atoms. The van der Waals surface area contributed by atoms with Gasteiger partial charge in [0.1, 0.15) is 0 Å². The number of halogens is 2. The highest BCUT2D eigenvalue weighted by atomic mass is 79.9. The van der Waals surface area contributed by atoms with E-state index in [0.29, 0.717) is 11.3 Å². The number of nitrogens with zero attached hydrogens (tertiary/aromatic N) is 1. The lowest BCUT2D eigenvalue weighted by atomic mass is 9.98. The Balaban J connectivity index is 1.75. The van der Waals surface area contributed by atoms with Gasteiger partial charge < -0.3 is 14.8 Å². The van der Waals surface area contributed by atoms with Gasteiger partial charge in [-0.15, -0.1) is 0 Å². The Hall–Kier alpha value is -1.96. The maximum atomic E-state index is 12.4. The zero-order valence-electron chi connectivity index (χ0n) is 12.7. The molecule has 4 rings (SSSR count). The number of fused-ring (bicyclic) bond motifs is 1. The van der Waals surface area contributed by atoms with Crippen molar-refractivity contribution in [2.24, 2.45) is 0 Å². The minimum atomic E-state index is -1.13. The Kier molecular flexibility index (Phi) is 4.02. The normalized spacial score (nSPS) is 26.5. The van der Waals surface area contributed by atoms with Gasteiger partial charge in [0.2, 0.25) is 0 Å². The molecule has 2 aliphatic rings. The molecular weight excluding hydrogens is 452 g/mol. The molecule has 2 heterocycles. The van der Waals surface area contributed by atoms with E-state index in [9.17, 15) is 9.90 Å². The molecule has 7 heteroatoms.